The van der Waals surface area contributed by atoms with Crippen molar-refractivity contribution in [1.29, 1.82) is 0 Å². The zero-order valence-electron chi connectivity index (χ0n) is 12.8. The normalized spacial score (nSPS) is 34.1. The number of hydrogen-bond acceptors (Lipinski definition) is 3. The highest BCUT2D eigenvalue weighted by molar-refractivity contribution is 4.90. The second kappa shape index (κ2) is 8.23. The zero-order valence-corrected chi connectivity index (χ0v) is 12.8. The number of nitrogens with one attached hydrogen (secondary N) is 2. The molecular formula is C16H32N2O. The predicted molar refractivity (Wildman–Crippen MR) is 80.4 cm³/mol. The summed E-state index contributed by atoms with van der Waals surface area (Å²) in [5.41, 5.74) is 0. The fourth-order valence-electron chi connectivity index (χ4n) is 3.83. The SMILES string of the molecule is COCC(C)CNC1CCCCC1C1CCCCN1. The maximum atomic E-state index is 5.23. The molecule has 1 aliphatic heterocycles. The van der Waals surface area contributed by atoms with Crippen LogP contribution in [0.1, 0.15) is 51.9 Å². The van der Waals surface area contributed by atoms with Crippen LogP contribution in [0.5, 0.6) is 0 Å². The van der Waals surface area contributed by atoms with Gasteiger partial charge in [0.15, 0.2) is 0 Å². The van der Waals surface area contributed by atoms with Gasteiger partial charge in [-0.1, -0.05) is 26.2 Å². The summed E-state index contributed by atoms with van der Waals surface area (Å²) < 4.78 is 5.23. The Morgan fingerprint density at radius 3 is 2.68 bits per heavy atom. The molecule has 1 aliphatic carbocycles. The van der Waals surface area contributed by atoms with Gasteiger partial charge in [0, 0.05) is 32.3 Å². The Balaban J connectivity index is 1.81. The van der Waals surface area contributed by atoms with E-state index >= 15 is 0 Å². The van der Waals surface area contributed by atoms with E-state index in [4.69, 9.17) is 4.74 Å². The van der Waals surface area contributed by atoms with E-state index < -0.39 is 0 Å². The lowest BCUT2D eigenvalue weighted by molar-refractivity contribution is 0.142. The van der Waals surface area contributed by atoms with Crippen molar-refractivity contribution < 1.29 is 4.74 Å². The summed E-state index contributed by atoms with van der Waals surface area (Å²) in [6.07, 6.45) is 9.77. The molecule has 0 aromatic carbocycles. The Kier molecular flexibility index (Phi) is 6.62. The van der Waals surface area contributed by atoms with Crippen LogP contribution in [0.4, 0.5) is 0 Å². The van der Waals surface area contributed by atoms with E-state index in [-0.39, 0.29) is 0 Å². The minimum absolute atomic E-state index is 0.617. The van der Waals surface area contributed by atoms with E-state index in [1.54, 1.807) is 7.11 Å². The van der Waals surface area contributed by atoms with Crippen LogP contribution in [0.25, 0.3) is 0 Å². The Labute approximate surface area is 118 Å². The lowest BCUT2D eigenvalue weighted by Gasteiger charge is -2.40. The van der Waals surface area contributed by atoms with Crippen LogP contribution in [0.3, 0.4) is 0 Å². The van der Waals surface area contributed by atoms with Crippen molar-refractivity contribution in [1.82, 2.24) is 10.6 Å². The Hall–Kier alpha value is -0.120. The minimum atomic E-state index is 0.617. The van der Waals surface area contributed by atoms with Gasteiger partial charge in [-0.2, -0.15) is 0 Å². The molecule has 1 heterocycles. The molecule has 1 saturated heterocycles. The summed E-state index contributed by atoms with van der Waals surface area (Å²) in [5, 5.41) is 7.60. The third-order valence-electron chi connectivity index (χ3n) is 4.86. The lowest BCUT2D eigenvalue weighted by Crippen LogP contribution is -2.51. The standard InChI is InChI=1S/C16H32N2O/c1-13(12-19-2)11-18-16-8-4-3-7-14(16)15-9-5-6-10-17-15/h13-18H,3-12H2,1-2H3. The van der Waals surface area contributed by atoms with E-state index in [1.165, 1.54) is 51.5 Å². The fourth-order valence-corrected chi connectivity index (χ4v) is 3.83. The highest BCUT2D eigenvalue weighted by atomic mass is 16.5. The second-order valence-corrected chi connectivity index (χ2v) is 6.58. The van der Waals surface area contributed by atoms with Crippen LogP contribution in [0, 0.1) is 11.8 Å². The summed E-state index contributed by atoms with van der Waals surface area (Å²) in [5.74, 6) is 1.47. The smallest absolute Gasteiger partial charge is 0.0499 e. The topological polar surface area (TPSA) is 33.3 Å². The van der Waals surface area contributed by atoms with Gasteiger partial charge in [0.2, 0.25) is 0 Å². The van der Waals surface area contributed by atoms with Gasteiger partial charge in [0.1, 0.15) is 0 Å². The molecule has 0 aromatic rings. The highest BCUT2D eigenvalue weighted by Gasteiger charge is 2.32. The average Bonchev–Trinajstić information content (AvgIpc) is 2.47. The van der Waals surface area contributed by atoms with Crippen LogP contribution in [-0.4, -0.2) is 38.9 Å². The lowest BCUT2D eigenvalue weighted by atomic mass is 9.77. The van der Waals surface area contributed by atoms with Gasteiger partial charge in [-0.15, -0.1) is 0 Å². The number of piperidine rings is 1. The summed E-state index contributed by atoms with van der Waals surface area (Å²) in [6, 6.07) is 1.49. The van der Waals surface area contributed by atoms with E-state index in [0.29, 0.717) is 5.92 Å². The number of rotatable bonds is 6. The van der Waals surface area contributed by atoms with Crippen LogP contribution in [-0.2, 0) is 4.74 Å². The first-order valence-corrected chi connectivity index (χ1v) is 8.27. The number of hydrogen-bond donors (Lipinski definition) is 2. The Bertz CT molecular complexity index is 241. The van der Waals surface area contributed by atoms with E-state index in [0.717, 1.165) is 31.2 Å². The molecule has 112 valence electrons. The van der Waals surface area contributed by atoms with Crippen LogP contribution in [0.15, 0.2) is 0 Å². The first-order valence-electron chi connectivity index (χ1n) is 8.27. The molecule has 0 aromatic heterocycles. The van der Waals surface area contributed by atoms with Gasteiger partial charge in [0.25, 0.3) is 0 Å². The van der Waals surface area contributed by atoms with E-state index in [1.807, 2.05) is 0 Å². The molecule has 1 saturated carbocycles. The van der Waals surface area contributed by atoms with E-state index in [9.17, 15) is 0 Å². The van der Waals surface area contributed by atoms with Crippen molar-refractivity contribution >= 4 is 0 Å². The predicted octanol–water partition coefficient (Wildman–Crippen LogP) is 2.56. The minimum Gasteiger partial charge on any atom is -0.384 e. The highest BCUT2D eigenvalue weighted by Crippen LogP contribution is 2.30. The zero-order chi connectivity index (χ0) is 13.5. The molecule has 2 N–H and O–H groups in total. The monoisotopic (exact) mass is 268 g/mol. The molecule has 0 radical (unpaired) electrons. The summed E-state index contributed by atoms with van der Waals surface area (Å²) >= 11 is 0. The van der Waals surface area contributed by atoms with Crippen molar-refractivity contribution in [3.8, 4) is 0 Å². The molecular weight excluding hydrogens is 236 g/mol. The van der Waals surface area contributed by atoms with Crippen molar-refractivity contribution in [2.24, 2.45) is 11.8 Å². The fraction of sp³-hybridized carbons (Fsp3) is 1.00. The van der Waals surface area contributed by atoms with Gasteiger partial charge in [0.05, 0.1) is 0 Å². The largest absolute Gasteiger partial charge is 0.384 e. The molecule has 2 rings (SSSR count). The molecule has 19 heavy (non-hydrogen) atoms. The maximum Gasteiger partial charge on any atom is 0.0499 e. The molecule has 0 spiro atoms. The number of methoxy groups -OCH3 is 1. The van der Waals surface area contributed by atoms with Crippen LogP contribution in [0.2, 0.25) is 0 Å². The molecule has 2 aliphatic rings. The van der Waals surface area contributed by atoms with Crippen molar-refractivity contribution in [3.63, 3.8) is 0 Å². The van der Waals surface area contributed by atoms with Gasteiger partial charge < -0.3 is 15.4 Å². The quantitative estimate of drug-likeness (QED) is 0.777. The summed E-state index contributed by atoms with van der Waals surface area (Å²) in [6.45, 7) is 5.47. The molecule has 2 fully saturated rings. The van der Waals surface area contributed by atoms with Crippen molar-refractivity contribution in [2.45, 2.75) is 64.0 Å². The third kappa shape index (κ3) is 4.73. The van der Waals surface area contributed by atoms with Crippen molar-refractivity contribution in [2.75, 3.05) is 26.8 Å². The van der Waals surface area contributed by atoms with Crippen molar-refractivity contribution in [3.05, 3.63) is 0 Å². The second-order valence-electron chi connectivity index (χ2n) is 6.58. The van der Waals surface area contributed by atoms with Crippen LogP contribution < -0.4 is 10.6 Å². The molecule has 3 heteroatoms. The first kappa shape index (κ1) is 15.3. The summed E-state index contributed by atoms with van der Waals surface area (Å²) in [4.78, 5) is 0. The van der Waals surface area contributed by atoms with Gasteiger partial charge >= 0.3 is 0 Å². The van der Waals surface area contributed by atoms with Gasteiger partial charge in [-0.25, -0.2) is 0 Å². The first-order chi connectivity index (χ1) is 9.31. The van der Waals surface area contributed by atoms with Crippen LogP contribution >= 0.6 is 0 Å². The third-order valence-corrected chi connectivity index (χ3v) is 4.86. The van der Waals surface area contributed by atoms with Gasteiger partial charge in [-0.05, 0) is 44.1 Å². The maximum absolute atomic E-state index is 5.23. The Morgan fingerprint density at radius 2 is 1.95 bits per heavy atom. The Morgan fingerprint density at radius 1 is 1.16 bits per heavy atom. The molecule has 0 bridgehead atoms. The molecule has 3 nitrogen and oxygen atoms in total. The summed E-state index contributed by atoms with van der Waals surface area (Å²) in [7, 11) is 1.80. The number of ether oxygens (including phenoxy) is 1. The molecule has 4 unspecified atom stereocenters. The molecule has 4 atom stereocenters. The molecule has 0 amide bonds. The average molecular weight is 268 g/mol. The van der Waals surface area contributed by atoms with E-state index in [2.05, 4.69) is 17.6 Å². The van der Waals surface area contributed by atoms with Gasteiger partial charge in [-0.3, -0.25) is 0 Å².